The van der Waals surface area contributed by atoms with Crippen LogP contribution < -0.4 is 4.90 Å². The van der Waals surface area contributed by atoms with Gasteiger partial charge in [0.05, 0.1) is 6.20 Å². The summed E-state index contributed by atoms with van der Waals surface area (Å²) in [6.07, 6.45) is 4.38. The fourth-order valence-corrected chi connectivity index (χ4v) is 2.74. The SMILES string of the molecule is CC1CCN(c2ccc3ncc(I)n3n2)CC1. The van der Waals surface area contributed by atoms with Crippen molar-refractivity contribution in [1.82, 2.24) is 14.6 Å². The van der Waals surface area contributed by atoms with E-state index < -0.39 is 0 Å². The van der Waals surface area contributed by atoms with Gasteiger partial charge in [0, 0.05) is 13.1 Å². The predicted molar refractivity (Wildman–Crippen MR) is 76.3 cm³/mol. The first-order valence-corrected chi connectivity index (χ1v) is 7.07. The molecule has 0 bridgehead atoms. The number of fused-ring (bicyclic) bond motifs is 1. The summed E-state index contributed by atoms with van der Waals surface area (Å²) in [4.78, 5) is 6.66. The zero-order chi connectivity index (χ0) is 11.8. The quantitative estimate of drug-likeness (QED) is 0.747. The highest BCUT2D eigenvalue weighted by molar-refractivity contribution is 14.1. The minimum absolute atomic E-state index is 0.850. The number of rotatable bonds is 1. The summed E-state index contributed by atoms with van der Waals surface area (Å²) < 4.78 is 2.97. The highest BCUT2D eigenvalue weighted by atomic mass is 127. The van der Waals surface area contributed by atoms with E-state index in [2.05, 4.69) is 50.6 Å². The normalized spacial score (nSPS) is 17.9. The third-order valence-corrected chi connectivity index (χ3v) is 4.15. The van der Waals surface area contributed by atoms with Crippen molar-refractivity contribution in [2.24, 2.45) is 5.92 Å². The average molecular weight is 342 g/mol. The van der Waals surface area contributed by atoms with Gasteiger partial charge in [0.25, 0.3) is 0 Å². The van der Waals surface area contributed by atoms with Crippen molar-refractivity contribution in [2.45, 2.75) is 19.8 Å². The lowest BCUT2D eigenvalue weighted by Crippen LogP contribution is -2.33. The fourth-order valence-electron chi connectivity index (χ4n) is 2.24. The molecule has 5 heteroatoms. The maximum absolute atomic E-state index is 4.66. The lowest BCUT2D eigenvalue weighted by atomic mass is 9.99. The summed E-state index contributed by atoms with van der Waals surface area (Å²) in [5, 5.41) is 4.66. The second-order valence-electron chi connectivity index (χ2n) is 4.71. The molecule has 0 amide bonds. The Bertz CT molecular complexity index is 528. The standard InChI is InChI=1S/C12H15IN4/c1-9-4-6-16(7-5-9)12-3-2-11-14-8-10(13)17(11)15-12/h2-3,8-9H,4-7H2,1H3. The van der Waals surface area contributed by atoms with E-state index in [9.17, 15) is 0 Å². The summed E-state index contributed by atoms with van der Waals surface area (Å²) in [5.74, 6) is 1.92. The molecular formula is C12H15IN4. The summed E-state index contributed by atoms with van der Waals surface area (Å²) in [5.41, 5.74) is 0.920. The second-order valence-corrected chi connectivity index (χ2v) is 5.82. The maximum atomic E-state index is 4.66. The van der Waals surface area contributed by atoms with Crippen molar-refractivity contribution in [3.63, 3.8) is 0 Å². The van der Waals surface area contributed by atoms with Crippen LogP contribution in [0.2, 0.25) is 0 Å². The van der Waals surface area contributed by atoms with Gasteiger partial charge in [0.1, 0.15) is 9.52 Å². The topological polar surface area (TPSA) is 33.4 Å². The molecule has 1 saturated heterocycles. The molecule has 2 aromatic rings. The van der Waals surface area contributed by atoms with Crippen LogP contribution in [0.15, 0.2) is 18.3 Å². The Kier molecular flexibility index (Phi) is 2.94. The van der Waals surface area contributed by atoms with Crippen LogP contribution in [0, 0.1) is 9.62 Å². The van der Waals surface area contributed by atoms with Gasteiger partial charge in [-0.25, -0.2) is 9.50 Å². The molecule has 0 atom stereocenters. The van der Waals surface area contributed by atoms with Gasteiger partial charge in [-0.15, -0.1) is 5.10 Å². The molecule has 2 aromatic heterocycles. The average Bonchev–Trinajstić information content (AvgIpc) is 2.72. The minimum atomic E-state index is 0.850. The first-order valence-electron chi connectivity index (χ1n) is 5.99. The molecule has 1 aliphatic heterocycles. The molecule has 0 aromatic carbocycles. The third kappa shape index (κ3) is 2.12. The fraction of sp³-hybridized carbons (Fsp3) is 0.500. The molecule has 0 N–H and O–H groups in total. The lowest BCUT2D eigenvalue weighted by Gasteiger charge is -2.30. The predicted octanol–water partition coefficient (Wildman–Crippen LogP) is 2.57. The van der Waals surface area contributed by atoms with Crippen molar-refractivity contribution < 1.29 is 0 Å². The molecule has 17 heavy (non-hydrogen) atoms. The first kappa shape index (κ1) is 11.3. The van der Waals surface area contributed by atoms with Crippen molar-refractivity contribution in [1.29, 1.82) is 0 Å². The second kappa shape index (κ2) is 4.44. The van der Waals surface area contributed by atoms with Crippen molar-refractivity contribution in [2.75, 3.05) is 18.0 Å². The van der Waals surface area contributed by atoms with E-state index in [1.54, 1.807) is 0 Å². The molecule has 3 heterocycles. The van der Waals surface area contributed by atoms with Gasteiger partial charge in [0.15, 0.2) is 5.65 Å². The number of nitrogens with zero attached hydrogens (tertiary/aromatic N) is 4. The van der Waals surface area contributed by atoms with Crippen LogP contribution in [0.4, 0.5) is 5.82 Å². The first-order chi connectivity index (χ1) is 8.24. The Hall–Kier alpha value is -0.850. The van der Waals surface area contributed by atoms with E-state index >= 15 is 0 Å². The highest BCUT2D eigenvalue weighted by Gasteiger charge is 2.17. The number of halogens is 1. The monoisotopic (exact) mass is 342 g/mol. The van der Waals surface area contributed by atoms with Crippen LogP contribution in [0.1, 0.15) is 19.8 Å². The summed E-state index contributed by atoms with van der Waals surface area (Å²) in [6.45, 7) is 4.56. The van der Waals surface area contributed by atoms with E-state index in [1.165, 1.54) is 12.8 Å². The number of piperidine rings is 1. The van der Waals surface area contributed by atoms with Gasteiger partial charge in [0.2, 0.25) is 0 Å². The van der Waals surface area contributed by atoms with Gasteiger partial charge in [-0.3, -0.25) is 0 Å². The zero-order valence-corrected chi connectivity index (χ0v) is 12.0. The molecule has 0 radical (unpaired) electrons. The van der Waals surface area contributed by atoms with Crippen LogP contribution >= 0.6 is 22.6 Å². The molecule has 1 fully saturated rings. The molecule has 0 saturated carbocycles. The molecule has 1 aliphatic rings. The van der Waals surface area contributed by atoms with Crippen LogP contribution in [0.3, 0.4) is 0 Å². The Balaban J connectivity index is 1.92. The number of imidazole rings is 1. The maximum Gasteiger partial charge on any atom is 0.154 e. The Labute approximate surface area is 114 Å². The largest absolute Gasteiger partial charge is 0.355 e. The summed E-state index contributed by atoms with van der Waals surface area (Å²) >= 11 is 2.26. The van der Waals surface area contributed by atoms with Gasteiger partial charge in [-0.2, -0.15) is 0 Å². The van der Waals surface area contributed by atoms with Gasteiger partial charge >= 0.3 is 0 Å². The minimum Gasteiger partial charge on any atom is -0.355 e. The van der Waals surface area contributed by atoms with Crippen molar-refractivity contribution in [3.8, 4) is 0 Å². The van der Waals surface area contributed by atoms with Crippen LogP contribution in [-0.2, 0) is 0 Å². The van der Waals surface area contributed by atoms with Gasteiger partial charge in [-0.1, -0.05) is 6.92 Å². The molecule has 0 aliphatic carbocycles. The van der Waals surface area contributed by atoms with Crippen LogP contribution in [0.25, 0.3) is 5.65 Å². The summed E-state index contributed by atoms with van der Waals surface area (Å²) in [7, 11) is 0. The zero-order valence-electron chi connectivity index (χ0n) is 9.80. The number of hydrogen-bond donors (Lipinski definition) is 0. The van der Waals surface area contributed by atoms with Crippen molar-refractivity contribution in [3.05, 3.63) is 22.0 Å². The van der Waals surface area contributed by atoms with E-state index in [0.29, 0.717) is 0 Å². The smallest absolute Gasteiger partial charge is 0.154 e. The van der Waals surface area contributed by atoms with Gasteiger partial charge < -0.3 is 4.90 Å². The molecular weight excluding hydrogens is 327 g/mol. The van der Waals surface area contributed by atoms with Gasteiger partial charge in [-0.05, 0) is 53.5 Å². The number of aromatic nitrogens is 3. The van der Waals surface area contributed by atoms with E-state index in [4.69, 9.17) is 0 Å². The molecule has 90 valence electrons. The molecule has 3 rings (SSSR count). The third-order valence-electron chi connectivity index (χ3n) is 3.41. The Morgan fingerprint density at radius 3 is 2.82 bits per heavy atom. The van der Waals surface area contributed by atoms with E-state index in [1.807, 2.05) is 16.8 Å². The summed E-state index contributed by atoms with van der Waals surface area (Å²) in [6, 6.07) is 4.12. The van der Waals surface area contributed by atoms with E-state index in [0.717, 1.165) is 34.2 Å². The van der Waals surface area contributed by atoms with Crippen LogP contribution in [-0.4, -0.2) is 27.7 Å². The molecule has 0 spiro atoms. The Morgan fingerprint density at radius 2 is 2.06 bits per heavy atom. The van der Waals surface area contributed by atoms with Crippen LogP contribution in [0.5, 0.6) is 0 Å². The molecule has 4 nitrogen and oxygen atoms in total. The molecule has 0 unspecified atom stereocenters. The van der Waals surface area contributed by atoms with Crippen molar-refractivity contribution >= 4 is 34.1 Å². The van der Waals surface area contributed by atoms with E-state index in [-0.39, 0.29) is 0 Å². The Morgan fingerprint density at radius 1 is 1.29 bits per heavy atom. The number of hydrogen-bond acceptors (Lipinski definition) is 3. The highest BCUT2D eigenvalue weighted by Crippen LogP contribution is 2.21. The lowest BCUT2D eigenvalue weighted by molar-refractivity contribution is 0.435. The number of anilines is 1.